The molecule has 0 bridgehead atoms. The van der Waals surface area contributed by atoms with Crippen molar-refractivity contribution in [3.8, 4) is 5.75 Å². The zero-order chi connectivity index (χ0) is 27.2. The fourth-order valence-electron chi connectivity index (χ4n) is 6.95. The maximum Gasteiger partial charge on any atom is 0.264 e. The Bertz CT molecular complexity index is 1200. The second-order valence-corrected chi connectivity index (χ2v) is 15.4. The van der Waals surface area contributed by atoms with Gasteiger partial charge in [-0.3, -0.25) is 9.59 Å². The lowest BCUT2D eigenvalue weighted by molar-refractivity contribution is -0.150. The summed E-state index contributed by atoms with van der Waals surface area (Å²) in [5.41, 5.74) is 0.797. The van der Waals surface area contributed by atoms with Crippen molar-refractivity contribution < 1.29 is 29.0 Å². The van der Waals surface area contributed by atoms with Crippen LogP contribution < -0.4 is 9.64 Å². The molecule has 2 aromatic rings. The molecule has 0 aromatic heterocycles. The normalized spacial score (nSPS) is 28.8. The van der Waals surface area contributed by atoms with Crippen LogP contribution in [0.25, 0.3) is 0 Å². The van der Waals surface area contributed by atoms with Crippen LogP contribution in [0.15, 0.2) is 48.5 Å². The average molecular weight is 539 g/mol. The molecule has 5 atom stereocenters. The highest BCUT2D eigenvalue weighted by atomic mass is 28.4. The third-order valence-electron chi connectivity index (χ3n) is 8.66. The quantitative estimate of drug-likeness (QED) is 0.524. The number of rotatable bonds is 7. The van der Waals surface area contributed by atoms with Crippen LogP contribution in [0.1, 0.15) is 37.3 Å². The minimum atomic E-state index is -2.89. The number of hydrogen-bond acceptors (Lipinski definition) is 6. The van der Waals surface area contributed by atoms with Crippen molar-refractivity contribution in [2.24, 2.45) is 5.92 Å². The molecule has 2 N–H and O–H groups in total. The second-order valence-electron chi connectivity index (χ2n) is 11.4. The first-order valence-corrected chi connectivity index (χ1v) is 16.5. The van der Waals surface area contributed by atoms with Gasteiger partial charge in [0.05, 0.1) is 44.5 Å². The van der Waals surface area contributed by atoms with Gasteiger partial charge in [-0.1, -0.05) is 37.3 Å². The molecule has 5 rings (SSSR count). The van der Waals surface area contributed by atoms with E-state index < -0.39 is 20.0 Å². The summed E-state index contributed by atoms with van der Waals surface area (Å²) in [6.07, 6.45) is 1.07. The van der Waals surface area contributed by atoms with E-state index in [-0.39, 0.29) is 42.3 Å². The molecule has 2 aromatic carbocycles. The number of carbonyl (C=O) groups excluding carboxylic acids is 2. The average Bonchev–Trinajstić information content (AvgIpc) is 3.55. The Labute approximate surface area is 225 Å². The Hall–Kier alpha value is -2.72. The first-order valence-electron chi connectivity index (χ1n) is 13.5. The Morgan fingerprint density at radius 3 is 2.61 bits per heavy atom. The van der Waals surface area contributed by atoms with Crippen LogP contribution in [-0.4, -0.2) is 67.3 Å². The van der Waals surface area contributed by atoms with Gasteiger partial charge in [-0.2, -0.15) is 0 Å². The Balaban J connectivity index is 1.55. The van der Waals surface area contributed by atoms with Crippen LogP contribution in [0.5, 0.6) is 5.75 Å². The zero-order valence-electron chi connectivity index (χ0n) is 22.6. The van der Waals surface area contributed by atoms with Gasteiger partial charge < -0.3 is 29.2 Å². The topological polar surface area (TPSA) is 99.5 Å². The summed E-state index contributed by atoms with van der Waals surface area (Å²) in [6, 6.07) is 15.2. The molecule has 0 radical (unpaired) electrons. The van der Waals surface area contributed by atoms with E-state index in [4.69, 9.17) is 9.47 Å². The van der Waals surface area contributed by atoms with Crippen LogP contribution in [0.3, 0.4) is 0 Å². The molecule has 2 saturated heterocycles. The number of likely N-dealkylation sites (tertiary alicyclic amines) is 1. The van der Waals surface area contributed by atoms with E-state index in [1.54, 1.807) is 16.9 Å². The number of nitrogens with zero attached hydrogens (tertiary/aromatic N) is 2. The molecule has 8 nitrogen and oxygen atoms in total. The fourth-order valence-corrected chi connectivity index (χ4v) is 9.50. The summed E-state index contributed by atoms with van der Waals surface area (Å²) in [7, 11) is -1.30. The van der Waals surface area contributed by atoms with Crippen molar-refractivity contribution in [2.45, 2.75) is 69.1 Å². The molecule has 2 amide bonds. The highest BCUT2D eigenvalue weighted by Gasteiger charge is 2.66. The third-order valence-corrected chi connectivity index (χ3v) is 11.2. The minimum Gasteiger partial charge on any atom is -0.497 e. The van der Waals surface area contributed by atoms with Gasteiger partial charge in [-0.05, 0) is 49.7 Å². The summed E-state index contributed by atoms with van der Waals surface area (Å²) >= 11 is 0. The Morgan fingerprint density at radius 2 is 1.95 bits per heavy atom. The maximum atomic E-state index is 14.4. The molecular formula is C29H38N2O6Si. The van der Waals surface area contributed by atoms with Gasteiger partial charge in [0.25, 0.3) is 5.91 Å². The summed E-state index contributed by atoms with van der Waals surface area (Å²) in [6.45, 7) is 6.60. The number of fused-ring (bicyclic) bond motifs is 2. The number of benzene rings is 2. The van der Waals surface area contributed by atoms with Crippen LogP contribution in [-0.2, 0) is 26.5 Å². The number of methoxy groups -OCH3 is 1. The van der Waals surface area contributed by atoms with E-state index in [2.05, 4.69) is 0 Å². The highest BCUT2D eigenvalue weighted by Crippen LogP contribution is 2.60. The number of ether oxygens (including phenoxy) is 2. The fraction of sp³-hybridized carbons (Fsp3) is 0.517. The van der Waals surface area contributed by atoms with Crippen molar-refractivity contribution in [3.63, 3.8) is 0 Å². The van der Waals surface area contributed by atoms with Gasteiger partial charge in [-0.25, -0.2) is 0 Å². The summed E-state index contributed by atoms with van der Waals surface area (Å²) in [5, 5.41) is 9.76. The first kappa shape index (κ1) is 26.9. The minimum absolute atomic E-state index is 0.0650. The molecule has 1 spiro atoms. The van der Waals surface area contributed by atoms with Crippen LogP contribution in [0, 0.1) is 5.92 Å². The van der Waals surface area contributed by atoms with Gasteiger partial charge in [0.2, 0.25) is 5.91 Å². The summed E-state index contributed by atoms with van der Waals surface area (Å²) in [5.74, 6) is -0.0211. The SMILES string of the molecule is COc1ccc2c(c1)[C@]1(O[C@@H](CC(=O)N3CCC[C@H]3CO)[C@H]([Si](C)(C)O)[C@H]1C)C(=O)N2Cc1ccccc1. The van der Waals surface area contributed by atoms with Gasteiger partial charge in [-0.15, -0.1) is 0 Å². The molecule has 38 heavy (non-hydrogen) atoms. The van der Waals surface area contributed by atoms with Crippen LogP contribution in [0.4, 0.5) is 5.69 Å². The van der Waals surface area contributed by atoms with Crippen LogP contribution >= 0.6 is 0 Å². The first-order chi connectivity index (χ1) is 18.1. The van der Waals surface area contributed by atoms with Crippen LogP contribution in [0.2, 0.25) is 18.6 Å². The van der Waals surface area contributed by atoms with Gasteiger partial charge in [0.1, 0.15) is 5.75 Å². The lowest BCUT2D eigenvalue weighted by atomic mass is 9.82. The van der Waals surface area contributed by atoms with Crippen molar-refractivity contribution >= 4 is 25.8 Å². The molecule has 3 heterocycles. The lowest BCUT2D eigenvalue weighted by Gasteiger charge is -2.32. The van der Waals surface area contributed by atoms with E-state index in [1.165, 1.54) is 0 Å². The van der Waals surface area contributed by atoms with Gasteiger partial charge >= 0.3 is 0 Å². The predicted octanol–water partition coefficient (Wildman–Crippen LogP) is 3.41. The largest absolute Gasteiger partial charge is 0.497 e. The number of anilines is 1. The molecule has 0 unspecified atom stereocenters. The zero-order valence-corrected chi connectivity index (χ0v) is 23.6. The summed E-state index contributed by atoms with van der Waals surface area (Å²) in [4.78, 5) is 42.8. The molecule has 3 aliphatic heterocycles. The van der Waals surface area contributed by atoms with E-state index in [0.717, 1.165) is 29.7 Å². The van der Waals surface area contributed by atoms with E-state index >= 15 is 0 Å². The van der Waals surface area contributed by atoms with Crippen molar-refractivity contribution in [3.05, 3.63) is 59.7 Å². The molecular weight excluding hydrogens is 500 g/mol. The third kappa shape index (κ3) is 4.35. The Morgan fingerprint density at radius 1 is 1.21 bits per heavy atom. The number of amides is 2. The van der Waals surface area contributed by atoms with Crippen molar-refractivity contribution in [2.75, 3.05) is 25.2 Å². The molecule has 0 aliphatic carbocycles. The smallest absolute Gasteiger partial charge is 0.264 e. The number of hydrogen-bond donors (Lipinski definition) is 2. The molecule has 0 saturated carbocycles. The van der Waals surface area contributed by atoms with Gasteiger partial charge in [0, 0.05) is 23.6 Å². The van der Waals surface area contributed by atoms with E-state index in [9.17, 15) is 19.5 Å². The number of aliphatic hydroxyl groups excluding tert-OH is 1. The van der Waals surface area contributed by atoms with Crippen molar-refractivity contribution in [1.82, 2.24) is 4.90 Å². The predicted molar refractivity (Wildman–Crippen MR) is 146 cm³/mol. The molecule has 204 valence electrons. The van der Waals surface area contributed by atoms with E-state index in [1.807, 2.05) is 68.5 Å². The second kappa shape index (κ2) is 10.1. The Kier molecular flexibility index (Phi) is 7.15. The number of aliphatic hydroxyl groups is 1. The number of carbonyl (C=O) groups is 2. The molecule has 2 fully saturated rings. The van der Waals surface area contributed by atoms with E-state index in [0.29, 0.717) is 18.8 Å². The standard InChI is InChI=1S/C29H38N2O6Si/c1-19-27(38(3,4)35)25(16-26(33)30-14-8-11-21(30)18-32)37-29(19)23-15-22(36-2)12-13-24(23)31(28(29)34)17-20-9-6-5-7-10-20/h5-7,9-10,12-13,15,19,21,25,27,32,35H,8,11,14,16-18H2,1-4H3/t19-,21+,25+,27-,29+/m1/s1. The highest BCUT2D eigenvalue weighted by molar-refractivity contribution is 6.71. The lowest BCUT2D eigenvalue weighted by Crippen LogP contribution is -2.46. The van der Waals surface area contributed by atoms with Crippen molar-refractivity contribution in [1.29, 1.82) is 0 Å². The molecule has 9 heteroatoms. The van der Waals surface area contributed by atoms with Gasteiger partial charge in [0.15, 0.2) is 13.9 Å². The maximum absolute atomic E-state index is 14.4. The monoisotopic (exact) mass is 538 g/mol. The molecule has 3 aliphatic rings. The summed E-state index contributed by atoms with van der Waals surface area (Å²) < 4.78 is 12.3.